The van der Waals surface area contributed by atoms with Gasteiger partial charge in [0.05, 0.1) is 24.3 Å². The molecule has 0 unspecified atom stereocenters. The maximum Gasteiger partial charge on any atom is 0.339 e. The number of unbranched alkanes of at least 4 members (excludes halogenated alkanes) is 1. The van der Waals surface area contributed by atoms with Crippen molar-refractivity contribution in [1.82, 2.24) is 0 Å². The summed E-state index contributed by atoms with van der Waals surface area (Å²) in [5, 5.41) is 0. The first-order valence-corrected chi connectivity index (χ1v) is 9.23. The summed E-state index contributed by atoms with van der Waals surface area (Å²) < 4.78 is 10.8. The summed E-state index contributed by atoms with van der Waals surface area (Å²) in [6, 6.07) is 3.58. The van der Waals surface area contributed by atoms with Gasteiger partial charge in [-0.1, -0.05) is 48.0 Å². The Labute approximate surface area is 151 Å². The summed E-state index contributed by atoms with van der Waals surface area (Å²) in [4.78, 5) is 25.1. The molecule has 0 radical (unpaired) electrons. The minimum absolute atomic E-state index is 0.131. The molecule has 4 nitrogen and oxygen atoms in total. The molecule has 1 rings (SSSR count). The van der Waals surface area contributed by atoms with Gasteiger partial charge in [0.1, 0.15) is 0 Å². The van der Waals surface area contributed by atoms with Gasteiger partial charge in [0.15, 0.2) is 0 Å². The van der Waals surface area contributed by atoms with E-state index >= 15 is 0 Å². The van der Waals surface area contributed by atoms with Crippen molar-refractivity contribution in [2.24, 2.45) is 5.41 Å². The lowest BCUT2D eigenvalue weighted by Gasteiger charge is -2.19. The van der Waals surface area contributed by atoms with Gasteiger partial charge < -0.3 is 9.47 Å². The van der Waals surface area contributed by atoms with Crippen LogP contribution in [0.15, 0.2) is 12.1 Å². The molecule has 0 aromatic heterocycles. The minimum atomic E-state index is -0.463. The van der Waals surface area contributed by atoms with Crippen LogP contribution in [0, 0.1) is 5.41 Å². The predicted octanol–water partition coefficient (Wildman–Crippen LogP) is 4.97. The standard InChI is InChI=1S/C21H32O4/c1-7-10-11-24-19(22)17-12-15(8-2)16(9-3)13-18(17)20(23)25-14-21(4,5)6/h12-13H,7-11,14H2,1-6H3. The lowest BCUT2D eigenvalue weighted by atomic mass is 9.95. The molecule has 140 valence electrons. The van der Waals surface area contributed by atoms with Crippen molar-refractivity contribution >= 4 is 11.9 Å². The number of rotatable bonds is 8. The molecule has 0 aliphatic rings. The Morgan fingerprint density at radius 3 is 1.76 bits per heavy atom. The number of esters is 2. The molecule has 0 bridgehead atoms. The molecular weight excluding hydrogens is 316 g/mol. The zero-order chi connectivity index (χ0) is 19.0. The quantitative estimate of drug-likeness (QED) is 0.491. The molecule has 0 heterocycles. The highest BCUT2D eigenvalue weighted by Crippen LogP contribution is 2.22. The molecule has 0 fully saturated rings. The maximum atomic E-state index is 12.6. The van der Waals surface area contributed by atoms with Gasteiger partial charge in [0, 0.05) is 0 Å². The molecule has 0 N–H and O–H groups in total. The number of hydrogen-bond donors (Lipinski definition) is 0. The molecule has 25 heavy (non-hydrogen) atoms. The molecule has 0 saturated heterocycles. The number of hydrogen-bond acceptors (Lipinski definition) is 4. The van der Waals surface area contributed by atoms with Gasteiger partial charge in [0.25, 0.3) is 0 Å². The van der Waals surface area contributed by atoms with E-state index < -0.39 is 11.9 Å². The van der Waals surface area contributed by atoms with Crippen molar-refractivity contribution in [1.29, 1.82) is 0 Å². The number of carbonyl (C=O) groups is 2. The van der Waals surface area contributed by atoms with Crippen molar-refractivity contribution in [3.63, 3.8) is 0 Å². The molecule has 4 heteroatoms. The summed E-state index contributed by atoms with van der Waals surface area (Å²) in [6.07, 6.45) is 3.36. The second-order valence-electron chi connectivity index (χ2n) is 7.50. The third-order valence-electron chi connectivity index (χ3n) is 3.91. The van der Waals surface area contributed by atoms with Crippen LogP contribution in [0.3, 0.4) is 0 Å². The van der Waals surface area contributed by atoms with Crippen LogP contribution in [0.2, 0.25) is 0 Å². The van der Waals surface area contributed by atoms with Crippen molar-refractivity contribution in [2.75, 3.05) is 13.2 Å². The zero-order valence-electron chi connectivity index (χ0n) is 16.5. The lowest BCUT2D eigenvalue weighted by molar-refractivity contribution is 0.0352. The Bertz CT molecular complexity index is 597. The first kappa shape index (κ1) is 21.2. The summed E-state index contributed by atoms with van der Waals surface area (Å²) in [5.74, 6) is -0.914. The van der Waals surface area contributed by atoms with Crippen LogP contribution in [-0.4, -0.2) is 25.2 Å². The number of ether oxygens (including phenoxy) is 2. The Morgan fingerprint density at radius 1 is 0.880 bits per heavy atom. The van der Waals surface area contributed by atoms with Gasteiger partial charge in [-0.05, 0) is 47.9 Å². The number of aryl methyl sites for hydroxylation is 2. The zero-order valence-corrected chi connectivity index (χ0v) is 16.5. The largest absolute Gasteiger partial charge is 0.462 e. The fourth-order valence-corrected chi connectivity index (χ4v) is 2.43. The molecule has 1 aromatic carbocycles. The van der Waals surface area contributed by atoms with E-state index in [0.717, 1.165) is 36.8 Å². The summed E-state index contributed by atoms with van der Waals surface area (Å²) in [7, 11) is 0. The van der Waals surface area contributed by atoms with Crippen LogP contribution in [0.4, 0.5) is 0 Å². The fourth-order valence-electron chi connectivity index (χ4n) is 2.43. The number of benzene rings is 1. The van der Waals surface area contributed by atoms with E-state index in [1.54, 1.807) is 12.1 Å². The van der Waals surface area contributed by atoms with E-state index in [4.69, 9.17) is 9.47 Å². The first-order chi connectivity index (χ1) is 11.7. The first-order valence-electron chi connectivity index (χ1n) is 9.23. The van der Waals surface area contributed by atoms with Gasteiger partial charge >= 0.3 is 11.9 Å². The van der Waals surface area contributed by atoms with E-state index in [-0.39, 0.29) is 5.41 Å². The average molecular weight is 348 g/mol. The van der Waals surface area contributed by atoms with Gasteiger partial charge in [-0.2, -0.15) is 0 Å². The molecule has 0 spiro atoms. The Kier molecular flexibility index (Phi) is 8.14. The maximum absolute atomic E-state index is 12.6. The third kappa shape index (κ3) is 6.52. The van der Waals surface area contributed by atoms with Crippen molar-refractivity contribution in [3.05, 3.63) is 34.4 Å². The molecule has 0 amide bonds. The highest BCUT2D eigenvalue weighted by molar-refractivity contribution is 6.03. The van der Waals surface area contributed by atoms with Gasteiger partial charge in [-0.3, -0.25) is 0 Å². The van der Waals surface area contributed by atoms with Crippen LogP contribution in [0.25, 0.3) is 0 Å². The summed E-state index contributed by atoms with van der Waals surface area (Å²) >= 11 is 0. The molecule has 0 atom stereocenters. The smallest absolute Gasteiger partial charge is 0.339 e. The van der Waals surface area contributed by atoms with Gasteiger partial charge in [-0.25, -0.2) is 9.59 Å². The van der Waals surface area contributed by atoms with E-state index in [1.165, 1.54) is 0 Å². The van der Waals surface area contributed by atoms with Crippen LogP contribution < -0.4 is 0 Å². The minimum Gasteiger partial charge on any atom is -0.462 e. The number of carbonyl (C=O) groups excluding carboxylic acids is 2. The lowest BCUT2D eigenvalue weighted by Crippen LogP contribution is -2.21. The van der Waals surface area contributed by atoms with E-state index in [9.17, 15) is 9.59 Å². The third-order valence-corrected chi connectivity index (χ3v) is 3.91. The fraction of sp³-hybridized carbons (Fsp3) is 0.619. The highest BCUT2D eigenvalue weighted by Gasteiger charge is 2.23. The second-order valence-corrected chi connectivity index (χ2v) is 7.50. The molecule has 0 saturated carbocycles. The van der Waals surface area contributed by atoms with Crippen molar-refractivity contribution in [2.45, 2.75) is 67.2 Å². The van der Waals surface area contributed by atoms with Crippen LogP contribution in [0.1, 0.15) is 86.2 Å². The van der Waals surface area contributed by atoms with E-state index in [1.807, 2.05) is 41.5 Å². The molecule has 1 aromatic rings. The summed E-state index contributed by atoms with van der Waals surface area (Å²) in [5.41, 5.74) is 2.62. The molecular formula is C21H32O4. The predicted molar refractivity (Wildman–Crippen MR) is 100 cm³/mol. The van der Waals surface area contributed by atoms with Crippen LogP contribution in [-0.2, 0) is 22.3 Å². The Balaban J connectivity index is 3.17. The van der Waals surface area contributed by atoms with Gasteiger partial charge in [0.2, 0.25) is 0 Å². The van der Waals surface area contributed by atoms with E-state index in [2.05, 4.69) is 0 Å². The second kappa shape index (κ2) is 9.59. The Morgan fingerprint density at radius 2 is 1.36 bits per heavy atom. The van der Waals surface area contributed by atoms with Crippen molar-refractivity contribution in [3.8, 4) is 0 Å². The average Bonchev–Trinajstić information content (AvgIpc) is 2.57. The summed E-state index contributed by atoms with van der Waals surface area (Å²) in [6.45, 7) is 12.8. The Hall–Kier alpha value is -1.84. The van der Waals surface area contributed by atoms with Crippen LogP contribution in [0.5, 0.6) is 0 Å². The SMILES string of the molecule is CCCCOC(=O)c1cc(CC)c(CC)cc1C(=O)OCC(C)(C)C. The van der Waals surface area contributed by atoms with Gasteiger partial charge in [-0.15, -0.1) is 0 Å². The van der Waals surface area contributed by atoms with Crippen LogP contribution >= 0.6 is 0 Å². The highest BCUT2D eigenvalue weighted by atomic mass is 16.5. The van der Waals surface area contributed by atoms with E-state index in [0.29, 0.717) is 24.3 Å². The monoisotopic (exact) mass is 348 g/mol. The normalized spacial score (nSPS) is 11.3. The molecule has 0 aliphatic carbocycles. The topological polar surface area (TPSA) is 52.6 Å². The molecule has 0 aliphatic heterocycles. The van der Waals surface area contributed by atoms with Crippen molar-refractivity contribution < 1.29 is 19.1 Å².